The van der Waals surface area contributed by atoms with Gasteiger partial charge in [0.15, 0.2) is 0 Å². The molecule has 0 bridgehead atoms. The molecular formula is C17H22N4. The van der Waals surface area contributed by atoms with Gasteiger partial charge in [0.2, 0.25) is 5.95 Å². The van der Waals surface area contributed by atoms with E-state index in [-0.39, 0.29) is 6.04 Å². The van der Waals surface area contributed by atoms with Crippen LogP contribution in [-0.4, -0.2) is 9.97 Å². The highest BCUT2D eigenvalue weighted by Gasteiger charge is 2.19. The van der Waals surface area contributed by atoms with Crippen molar-refractivity contribution in [3.8, 4) is 0 Å². The van der Waals surface area contributed by atoms with E-state index in [4.69, 9.17) is 5.73 Å². The summed E-state index contributed by atoms with van der Waals surface area (Å²) in [5, 5.41) is 3.63. The van der Waals surface area contributed by atoms with E-state index in [2.05, 4.69) is 52.5 Å². The summed E-state index contributed by atoms with van der Waals surface area (Å²) in [6.07, 6.45) is 5.35. The highest BCUT2D eigenvalue weighted by Crippen LogP contribution is 2.30. The maximum Gasteiger partial charge on any atom is 0.220 e. The Morgan fingerprint density at radius 1 is 1.29 bits per heavy atom. The quantitative estimate of drug-likeness (QED) is 0.904. The first kappa shape index (κ1) is 13.9. The van der Waals surface area contributed by atoms with Gasteiger partial charge in [0.25, 0.3) is 0 Å². The van der Waals surface area contributed by atoms with Crippen molar-refractivity contribution in [2.75, 3.05) is 11.1 Å². The second-order valence-corrected chi connectivity index (χ2v) is 5.64. The molecule has 21 heavy (non-hydrogen) atoms. The predicted octanol–water partition coefficient (Wildman–Crippen LogP) is 3.50. The van der Waals surface area contributed by atoms with Gasteiger partial charge in [0.1, 0.15) is 0 Å². The summed E-state index contributed by atoms with van der Waals surface area (Å²) in [4.78, 5) is 8.78. The Morgan fingerprint density at radius 2 is 2.14 bits per heavy atom. The van der Waals surface area contributed by atoms with Crippen molar-refractivity contribution in [3.63, 3.8) is 0 Å². The number of aryl methyl sites for hydroxylation is 2. The largest absolute Gasteiger partial charge is 0.376 e. The van der Waals surface area contributed by atoms with E-state index >= 15 is 0 Å². The molecule has 0 radical (unpaired) electrons. The predicted molar refractivity (Wildman–Crippen MR) is 86.2 cm³/mol. The van der Waals surface area contributed by atoms with Gasteiger partial charge in [-0.3, -0.25) is 0 Å². The molecule has 1 aromatic heterocycles. The van der Waals surface area contributed by atoms with Crippen molar-refractivity contribution in [3.05, 3.63) is 47.3 Å². The molecule has 0 spiro atoms. The molecule has 2 aromatic rings. The smallest absolute Gasteiger partial charge is 0.220 e. The lowest BCUT2D eigenvalue weighted by atomic mass is 10.0. The topological polar surface area (TPSA) is 63.8 Å². The van der Waals surface area contributed by atoms with Crippen molar-refractivity contribution in [1.29, 1.82) is 0 Å². The summed E-state index contributed by atoms with van der Waals surface area (Å²) in [7, 11) is 0. The molecule has 3 rings (SSSR count). The lowest BCUT2D eigenvalue weighted by Gasteiger charge is -2.18. The number of nitrogens with one attached hydrogen (secondary N) is 1. The Hall–Kier alpha value is -2.10. The van der Waals surface area contributed by atoms with Crippen LogP contribution in [0.25, 0.3) is 0 Å². The molecule has 1 atom stereocenters. The summed E-state index contributed by atoms with van der Waals surface area (Å²) < 4.78 is 0. The van der Waals surface area contributed by atoms with E-state index in [9.17, 15) is 0 Å². The summed E-state index contributed by atoms with van der Waals surface area (Å²) in [6, 6.07) is 10.8. The van der Waals surface area contributed by atoms with Crippen LogP contribution < -0.4 is 11.1 Å². The molecule has 0 aliphatic carbocycles. The van der Waals surface area contributed by atoms with Crippen LogP contribution in [0, 0.1) is 0 Å². The molecule has 110 valence electrons. The van der Waals surface area contributed by atoms with Crippen LogP contribution in [-0.2, 0) is 12.8 Å². The number of rotatable bonds is 3. The summed E-state index contributed by atoms with van der Waals surface area (Å²) in [5.41, 5.74) is 10.5. The van der Waals surface area contributed by atoms with E-state index in [0.29, 0.717) is 5.95 Å². The van der Waals surface area contributed by atoms with Gasteiger partial charge < -0.3 is 11.1 Å². The van der Waals surface area contributed by atoms with Gasteiger partial charge in [0.05, 0.1) is 11.7 Å². The molecule has 1 unspecified atom stereocenters. The third-order valence-corrected chi connectivity index (χ3v) is 3.97. The van der Waals surface area contributed by atoms with Crippen molar-refractivity contribution in [2.24, 2.45) is 0 Å². The van der Waals surface area contributed by atoms with Gasteiger partial charge in [-0.2, -0.15) is 0 Å². The van der Waals surface area contributed by atoms with Gasteiger partial charge in [-0.25, -0.2) is 9.97 Å². The molecule has 4 heteroatoms. The second kappa shape index (κ2) is 6.12. The molecular weight excluding hydrogens is 260 g/mol. The monoisotopic (exact) mass is 282 g/mol. The Labute approximate surface area is 125 Å². The SMILES string of the molecule is CCCc1cc(C2CCCc3ccccc3N2)nc(N)n1. The maximum absolute atomic E-state index is 5.88. The minimum atomic E-state index is 0.217. The van der Waals surface area contributed by atoms with Crippen LogP contribution in [0.5, 0.6) is 0 Å². The highest BCUT2D eigenvalue weighted by atomic mass is 15.0. The molecule has 0 fully saturated rings. The number of anilines is 2. The fourth-order valence-electron chi connectivity index (χ4n) is 2.96. The van der Waals surface area contributed by atoms with Gasteiger partial charge in [0, 0.05) is 11.4 Å². The average molecular weight is 282 g/mol. The first-order valence-electron chi connectivity index (χ1n) is 7.74. The summed E-state index contributed by atoms with van der Waals surface area (Å²) in [6.45, 7) is 2.15. The zero-order valence-corrected chi connectivity index (χ0v) is 12.5. The number of nitrogen functional groups attached to an aromatic ring is 1. The third kappa shape index (κ3) is 3.15. The Balaban J connectivity index is 1.90. The molecule has 1 aliphatic heterocycles. The maximum atomic E-state index is 5.88. The summed E-state index contributed by atoms with van der Waals surface area (Å²) >= 11 is 0. The summed E-state index contributed by atoms with van der Waals surface area (Å²) in [5.74, 6) is 0.385. The zero-order valence-electron chi connectivity index (χ0n) is 12.5. The van der Waals surface area contributed by atoms with E-state index in [1.807, 2.05) is 0 Å². The lowest BCUT2D eigenvalue weighted by molar-refractivity contribution is 0.644. The van der Waals surface area contributed by atoms with E-state index in [1.165, 1.54) is 11.3 Å². The van der Waals surface area contributed by atoms with E-state index in [0.717, 1.165) is 43.5 Å². The van der Waals surface area contributed by atoms with Gasteiger partial charge in [-0.1, -0.05) is 31.5 Å². The van der Waals surface area contributed by atoms with Gasteiger partial charge >= 0.3 is 0 Å². The van der Waals surface area contributed by atoms with Crippen molar-refractivity contribution in [2.45, 2.75) is 45.1 Å². The molecule has 4 nitrogen and oxygen atoms in total. The fourth-order valence-corrected chi connectivity index (χ4v) is 2.96. The number of benzene rings is 1. The minimum absolute atomic E-state index is 0.217. The normalized spacial score (nSPS) is 17.7. The van der Waals surface area contributed by atoms with Crippen LogP contribution in [0.1, 0.15) is 49.2 Å². The Bertz CT molecular complexity index is 624. The first-order chi connectivity index (χ1) is 10.3. The van der Waals surface area contributed by atoms with Crippen LogP contribution in [0.2, 0.25) is 0 Å². The molecule has 0 saturated heterocycles. The number of fused-ring (bicyclic) bond motifs is 1. The van der Waals surface area contributed by atoms with E-state index in [1.54, 1.807) is 0 Å². The van der Waals surface area contributed by atoms with E-state index < -0.39 is 0 Å². The molecule has 3 N–H and O–H groups in total. The molecule has 2 heterocycles. The molecule has 1 aromatic carbocycles. The van der Waals surface area contributed by atoms with Crippen LogP contribution in [0.3, 0.4) is 0 Å². The first-order valence-corrected chi connectivity index (χ1v) is 7.74. The number of hydrogen-bond donors (Lipinski definition) is 2. The molecule has 0 amide bonds. The zero-order chi connectivity index (χ0) is 14.7. The third-order valence-electron chi connectivity index (χ3n) is 3.97. The highest BCUT2D eigenvalue weighted by molar-refractivity contribution is 5.53. The lowest BCUT2D eigenvalue weighted by Crippen LogP contribution is -2.14. The van der Waals surface area contributed by atoms with Crippen molar-refractivity contribution in [1.82, 2.24) is 9.97 Å². The number of aromatic nitrogens is 2. The van der Waals surface area contributed by atoms with Crippen molar-refractivity contribution < 1.29 is 0 Å². The van der Waals surface area contributed by atoms with Crippen LogP contribution >= 0.6 is 0 Å². The standard InChI is InChI=1S/C17H22N4/c1-2-6-13-11-16(21-17(18)19-13)15-10-5-8-12-7-3-4-9-14(12)20-15/h3-4,7,9,11,15,20H,2,5-6,8,10H2,1H3,(H2,18,19,21). The van der Waals surface area contributed by atoms with Gasteiger partial charge in [-0.15, -0.1) is 0 Å². The second-order valence-electron chi connectivity index (χ2n) is 5.64. The van der Waals surface area contributed by atoms with Crippen LogP contribution in [0.4, 0.5) is 11.6 Å². The minimum Gasteiger partial charge on any atom is -0.376 e. The molecule has 1 aliphatic rings. The van der Waals surface area contributed by atoms with Crippen molar-refractivity contribution >= 4 is 11.6 Å². The number of nitrogens with zero attached hydrogens (tertiary/aromatic N) is 2. The number of hydrogen-bond acceptors (Lipinski definition) is 4. The van der Waals surface area contributed by atoms with Gasteiger partial charge in [-0.05, 0) is 43.4 Å². The molecule has 0 saturated carbocycles. The van der Waals surface area contributed by atoms with Crippen LogP contribution in [0.15, 0.2) is 30.3 Å². The Kier molecular flexibility index (Phi) is 4.04. The Morgan fingerprint density at radius 3 is 3.00 bits per heavy atom. The average Bonchev–Trinajstić information content (AvgIpc) is 2.69. The fraction of sp³-hybridized carbons (Fsp3) is 0.412. The number of nitrogens with two attached hydrogens (primary N) is 1. The number of para-hydroxylation sites is 1.